The molecule has 2 aromatic heterocycles. The number of thiophene rings is 1. The molecule has 8 heteroatoms. The van der Waals surface area contributed by atoms with E-state index in [0.29, 0.717) is 17.2 Å². The molecule has 4 rings (SSSR count). The first-order chi connectivity index (χ1) is 15.4. The molecular formula is C24H24FN3O3S. The predicted molar refractivity (Wildman–Crippen MR) is 123 cm³/mol. The van der Waals surface area contributed by atoms with E-state index in [1.54, 1.807) is 12.1 Å². The summed E-state index contributed by atoms with van der Waals surface area (Å²) >= 11 is 1.34. The Labute approximate surface area is 189 Å². The van der Waals surface area contributed by atoms with E-state index in [1.807, 2.05) is 48.9 Å². The third kappa shape index (κ3) is 5.15. The summed E-state index contributed by atoms with van der Waals surface area (Å²) in [5.74, 6) is 0.145. The molecule has 0 spiro atoms. The highest BCUT2D eigenvalue weighted by Crippen LogP contribution is 2.29. The number of aromatic nitrogens is 2. The number of aliphatic hydroxyl groups is 1. The van der Waals surface area contributed by atoms with E-state index in [9.17, 15) is 14.3 Å². The van der Waals surface area contributed by atoms with Crippen molar-refractivity contribution < 1.29 is 19.0 Å². The monoisotopic (exact) mass is 453 g/mol. The molecule has 0 saturated carbocycles. The number of benzene rings is 2. The molecule has 1 unspecified atom stereocenters. The van der Waals surface area contributed by atoms with Gasteiger partial charge in [0.15, 0.2) is 0 Å². The number of carbonyl (C=O) groups is 1. The Hall–Kier alpha value is -3.23. The van der Waals surface area contributed by atoms with Crippen LogP contribution in [0, 0.1) is 19.7 Å². The first-order valence-electron chi connectivity index (χ1n) is 10.3. The zero-order valence-corrected chi connectivity index (χ0v) is 18.7. The largest absolute Gasteiger partial charge is 0.491 e. The zero-order chi connectivity index (χ0) is 22.7. The van der Waals surface area contributed by atoms with Crippen molar-refractivity contribution in [2.45, 2.75) is 26.5 Å². The predicted octanol–water partition coefficient (Wildman–Crippen LogP) is 4.07. The van der Waals surface area contributed by atoms with E-state index in [-0.39, 0.29) is 24.9 Å². The molecule has 2 N–H and O–H groups in total. The molecule has 32 heavy (non-hydrogen) atoms. The smallest absolute Gasteiger partial charge is 0.261 e. The number of ether oxygens (including phenoxy) is 1. The molecule has 0 radical (unpaired) electrons. The maximum Gasteiger partial charge on any atom is 0.261 e. The summed E-state index contributed by atoms with van der Waals surface area (Å²) in [7, 11) is 0. The molecule has 0 fully saturated rings. The number of rotatable bonds is 8. The van der Waals surface area contributed by atoms with Crippen LogP contribution < -0.4 is 10.1 Å². The number of aryl methyl sites for hydroxylation is 2. The normalized spacial score (nSPS) is 12.1. The molecule has 2 heterocycles. The van der Waals surface area contributed by atoms with E-state index in [0.717, 1.165) is 27.0 Å². The van der Waals surface area contributed by atoms with Gasteiger partial charge in [0.05, 0.1) is 17.1 Å². The number of fused-ring (bicyclic) bond motifs is 1. The average Bonchev–Trinajstić information content (AvgIpc) is 3.33. The number of halogens is 1. The Morgan fingerprint density at radius 2 is 2.00 bits per heavy atom. The van der Waals surface area contributed by atoms with Crippen molar-refractivity contribution >= 4 is 27.5 Å². The van der Waals surface area contributed by atoms with Crippen LogP contribution in [0.2, 0.25) is 0 Å². The van der Waals surface area contributed by atoms with Gasteiger partial charge in [-0.05, 0) is 55.3 Å². The zero-order valence-electron chi connectivity index (χ0n) is 17.8. The van der Waals surface area contributed by atoms with Crippen LogP contribution in [0.25, 0.3) is 10.2 Å². The van der Waals surface area contributed by atoms with Gasteiger partial charge in [-0.15, -0.1) is 11.3 Å². The van der Waals surface area contributed by atoms with Gasteiger partial charge in [0.1, 0.15) is 29.1 Å². The molecule has 166 valence electrons. The summed E-state index contributed by atoms with van der Waals surface area (Å²) in [6.07, 6.45) is -0.829. The van der Waals surface area contributed by atoms with Gasteiger partial charge in [-0.25, -0.2) is 4.39 Å². The first-order valence-corrected chi connectivity index (χ1v) is 11.1. The van der Waals surface area contributed by atoms with Gasteiger partial charge in [-0.3, -0.25) is 9.48 Å². The lowest BCUT2D eigenvalue weighted by Gasteiger charge is -2.13. The summed E-state index contributed by atoms with van der Waals surface area (Å²) in [4.78, 5) is 14.0. The molecule has 0 aliphatic carbocycles. The van der Waals surface area contributed by atoms with Crippen LogP contribution in [-0.2, 0) is 6.54 Å². The van der Waals surface area contributed by atoms with Crippen molar-refractivity contribution in [3.05, 3.63) is 82.1 Å². The number of nitrogens with zero attached hydrogens (tertiary/aromatic N) is 2. The minimum absolute atomic E-state index is 0.0829. The van der Waals surface area contributed by atoms with Crippen LogP contribution in [0.15, 0.2) is 54.6 Å². The van der Waals surface area contributed by atoms with Crippen LogP contribution in [-0.4, -0.2) is 40.0 Å². The van der Waals surface area contributed by atoms with Crippen LogP contribution in [0.3, 0.4) is 0 Å². The lowest BCUT2D eigenvalue weighted by Crippen LogP contribution is -2.35. The van der Waals surface area contributed by atoms with Crippen molar-refractivity contribution in [1.82, 2.24) is 15.1 Å². The van der Waals surface area contributed by atoms with E-state index < -0.39 is 6.10 Å². The van der Waals surface area contributed by atoms with Gasteiger partial charge in [0, 0.05) is 11.9 Å². The molecule has 2 aromatic carbocycles. The summed E-state index contributed by atoms with van der Waals surface area (Å²) in [6, 6.07) is 15.7. The van der Waals surface area contributed by atoms with Gasteiger partial charge in [0.25, 0.3) is 5.91 Å². The highest BCUT2D eigenvalue weighted by Gasteiger charge is 2.17. The fourth-order valence-electron chi connectivity index (χ4n) is 3.35. The van der Waals surface area contributed by atoms with Gasteiger partial charge in [0.2, 0.25) is 0 Å². The molecule has 0 aliphatic heterocycles. The number of nitrogens with one attached hydrogen (secondary N) is 1. The second-order valence-corrected chi connectivity index (χ2v) is 8.72. The molecule has 0 saturated heterocycles. The minimum Gasteiger partial charge on any atom is -0.491 e. The maximum absolute atomic E-state index is 13.2. The van der Waals surface area contributed by atoms with Crippen molar-refractivity contribution in [3.8, 4) is 5.75 Å². The fourth-order valence-corrected chi connectivity index (χ4v) is 4.43. The lowest BCUT2D eigenvalue weighted by molar-refractivity contribution is 0.0847. The second-order valence-electron chi connectivity index (χ2n) is 7.69. The van der Waals surface area contributed by atoms with Gasteiger partial charge >= 0.3 is 0 Å². The van der Waals surface area contributed by atoms with Gasteiger partial charge in [-0.1, -0.05) is 24.3 Å². The summed E-state index contributed by atoms with van der Waals surface area (Å²) < 4.78 is 20.6. The van der Waals surface area contributed by atoms with Crippen molar-refractivity contribution in [2.24, 2.45) is 0 Å². The highest BCUT2D eigenvalue weighted by molar-refractivity contribution is 7.20. The number of hydrogen-bond acceptors (Lipinski definition) is 5. The number of amides is 1. The Kier molecular flexibility index (Phi) is 6.53. The Balaban J connectivity index is 1.37. The molecule has 6 nitrogen and oxygen atoms in total. The lowest BCUT2D eigenvalue weighted by atomic mass is 10.2. The van der Waals surface area contributed by atoms with Gasteiger partial charge < -0.3 is 15.2 Å². The molecule has 4 aromatic rings. The van der Waals surface area contributed by atoms with Crippen LogP contribution in [0.4, 0.5) is 4.39 Å². The van der Waals surface area contributed by atoms with Crippen molar-refractivity contribution in [2.75, 3.05) is 13.2 Å². The minimum atomic E-state index is -0.829. The van der Waals surface area contributed by atoms with E-state index >= 15 is 0 Å². The quantitative estimate of drug-likeness (QED) is 0.422. The van der Waals surface area contributed by atoms with Gasteiger partial charge in [-0.2, -0.15) is 5.10 Å². The van der Waals surface area contributed by atoms with Crippen LogP contribution in [0.5, 0.6) is 5.75 Å². The Bertz CT molecular complexity index is 1230. The van der Waals surface area contributed by atoms with Crippen molar-refractivity contribution in [3.63, 3.8) is 0 Å². The Morgan fingerprint density at radius 1 is 1.22 bits per heavy atom. The SMILES string of the molecule is Cc1cccc(OCC(O)CNC(=O)c2cc3c(C)nn(Cc4ccc(F)cc4)c3s2)c1. The third-order valence-electron chi connectivity index (χ3n) is 5.01. The molecular weight excluding hydrogens is 429 g/mol. The summed E-state index contributed by atoms with van der Waals surface area (Å²) in [5, 5.41) is 18.4. The number of hydrogen-bond donors (Lipinski definition) is 2. The Morgan fingerprint density at radius 3 is 2.75 bits per heavy atom. The number of carbonyl (C=O) groups excluding carboxylic acids is 1. The maximum atomic E-state index is 13.2. The summed E-state index contributed by atoms with van der Waals surface area (Å²) in [6.45, 7) is 4.52. The fraction of sp³-hybridized carbons (Fsp3) is 0.250. The van der Waals surface area contributed by atoms with E-state index in [1.165, 1.54) is 23.5 Å². The first kappa shape index (κ1) is 22.0. The van der Waals surface area contributed by atoms with Crippen molar-refractivity contribution in [1.29, 1.82) is 0 Å². The molecule has 0 aliphatic rings. The number of aliphatic hydroxyl groups excluding tert-OH is 1. The average molecular weight is 454 g/mol. The molecule has 1 atom stereocenters. The molecule has 1 amide bonds. The van der Waals surface area contributed by atoms with Crippen LogP contribution in [0.1, 0.15) is 26.5 Å². The standard InChI is InChI=1S/C24H24FN3O3S/c1-15-4-3-5-20(10-15)31-14-19(29)12-26-23(30)22-11-21-16(2)27-28(24(21)32-22)13-17-6-8-18(25)9-7-17/h3-11,19,29H,12-14H2,1-2H3,(H,26,30). The van der Waals surface area contributed by atoms with E-state index in [2.05, 4.69) is 10.4 Å². The van der Waals surface area contributed by atoms with E-state index in [4.69, 9.17) is 4.74 Å². The summed E-state index contributed by atoms with van der Waals surface area (Å²) in [5.41, 5.74) is 2.82. The van der Waals surface area contributed by atoms with Crippen LogP contribution >= 0.6 is 11.3 Å². The second kappa shape index (κ2) is 9.50. The molecule has 0 bridgehead atoms. The third-order valence-corrected chi connectivity index (χ3v) is 6.15. The topological polar surface area (TPSA) is 76.4 Å². The highest BCUT2D eigenvalue weighted by atomic mass is 32.1.